The molecule has 28 heavy (non-hydrogen) atoms. The van der Waals surface area contributed by atoms with Gasteiger partial charge in [-0.05, 0) is 48.9 Å². The van der Waals surface area contributed by atoms with Gasteiger partial charge in [0.15, 0.2) is 11.5 Å². The fourth-order valence-corrected chi connectivity index (χ4v) is 3.39. The Labute approximate surface area is 164 Å². The Bertz CT molecular complexity index is 862. The molecule has 4 rings (SSSR count). The Morgan fingerprint density at radius 3 is 2.43 bits per heavy atom. The predicted octanol–water partition coefficient (Wildman–Crippen LogP) is 2.56. The fraction of sp³-hybridized carbons (Fsp3) is 0.364. The largest absolute Gasteiger partial charge is 0.454 e. The van der Waals surface area contributed by atoms with Crippen LogP contribution in [0.25, 0.3) is 0 Å². The Morgan fingerprint density at radius 2 is 1.64 bits per heavy atom. The zero-order chi connectivity index (χ0) is 19.4. The van der Waals surface area contributed by atoms with E-state index in [1.165, 1.54) is 5.56 Å². The van der Waals surface area contributed by atoms with E-state index in [1.807, 2.05) is 36.4 Å². The van der Waals surface area contributed by atoms with Crippen molar-refractivity contribution < 1.29 is 19.1 Å². The van der Waals surface area contributed by atoms with Gasteiger partial charge in [-0.15, -0.1) is 0 Å². The maximum atomic E-state index is 12.6. The van der Waals surface area contributed by atoms with Crippen LogP contribution in [-0.2, 0) is 22.6 Å². The van der Waals surface area contributed by atoms with Crippen molar-refractivity contribution in [2.45, 2.75) is 32.2 Å². The number of carbonyl (C=O) groups is 2. The molecule has 2 aromatic rings. The van der Waals surface area contributed by atoms with Gasteiger partial charge < -0.3 is 20.1 Å². The molecule has 6 nitrogen and oxygen atoms in total. The first-order valence-electron chi connectivity index (χ1n) is 9.66. The Morgan fingerprint density at radius 1 is 0.893 bits per heavy atom. The van der Waals surface area contributed by atoms with E-state index >= 15 is 0 Å². The molecule has 0 unspecified atom stereocenters. The van der Waals surface area contributed by atoms with Gasteiger partial charge in [0.05, 0.1) is 0 Å². The second kappa shape index (κ2) is 7.92. The number of carbonyl (C=O) groups excluding carboxylic acids is 2. The highest BCUT2D eigenvalue weighted by molar-refractivity contribution is 6.07. The van der Waals surface area contributed by atoms with Gasteiger partial charge in [0.2, 0.25) is 18.6 Å². The summed E-state index contributed by atoms with van der Waals surface area (Å²) in [4.78, 5) is 25.1. The normalized spacial score (nSPS) is 15.7. The molecular formula is C22H24N2O4. The van der Waals surface area contributed by atoms with Gasteiger partial charge in [-0.1, -0.05) is 36.4 Å². The average Bonchev–Trinajstić information content (AvgIpc) is 3.41. The van der Waals surface area contributed by atoms with E-state index in [1.54, 1.807) is 0 Å². The number of ether oxygens (including phenoxy) is 2. The summed E-state index contributed by atoms with van der Waals surface area (Å²) in [6.45, 7) is 1.15. The third-order valence-corrected chi connectivity index (χ3v) is 5.28. The van der Waals surface area contributed by atoms with Crippen molar-refractivity contribution in [3.63, 3.8) is 0 Å². The molecule has 2 N–H and O–H groups in total. The number of aryl methyl sites for hydroxylation is 1. The number of amides is 2. The van der Waals surface area contributed by atoms with E-state index in [2.05, 4.69) is 22.8 Å². The van der Waals surface area contributed by atoms with E-state index in [9.17, 15) is 9.59 Å². The summed E-state index contributed by atoms with van der Waals surface area (Å²) in [6.07, 6.45) is 2.96. The lowest BCUT2D eigenvalue weighted by atomic mass is 10.0. The summed E-state index contributed by atoms with van der Waals surface area (Å²) < 4.78 is 10.6. The fourth-order valence-electron chi connectivity index (χ4n) is 3.39. The Balaban J connectivity index is 1.23. The summed E-state index contributed by atoms with van der Waals surface area (Å²) in [5.74, 6) is 1.03. The average molecular weight is 380 g/mol. The molecule has 6 heteroatoms. The summed E-state index contributed by atoms with van der Waals surface area (Å²) >= 11 is 0. The van der Waals surface area contributed by atoms with Crippen LogP contribution in [-0.4, -0.2) is 25.2 Å². The third-order valence-electron chi connectivity index (χ3n) is 5.28. The Kier molecular flexibility index (Phi) is 5.19. The topological polar surface area (TPSA) is 76.7 Å². The molecule has 1 fully saturated rings. The lowest BCUT2D eigenvalue weighted by Crippen LogP contribution is -2.43. The van der Waals surface area contributed by atoms with Gasteiger partial charge in [-0.25, -0.2) is 0 Å². The van der Waals surface area contributed by atoms with Crippen LogP contribution in [0.4, 0.5) is 0 Å². The maximum Gasteiger partial charge on any atom is 0.235 e. The molecular weight excluding hydrogens is 356 g/mol. The molecule has 0 atom stereocenters. The van der Waals surface area contributed by atoms with Crippen LogP contribution in [0.1, 0.15) is 30.4 Å². The number of hydrogen-bond donors (Lipinski definition) is 2. The number of hydrogen-bond acceptors (Lipinski definition) is 4. The molecule has 0 saturated heterocycles. The number of rotatable bonds is 8. The molecule has 2 aromatic carbocycles. The van der Waals surface area contributed by atoms with Crippen molar-refractivity contribution in [3.05, 3.63) is 59.7 Å². The monoisotopic (exact) mass is 380 g/mol. The molecule has 0 bridgehead atoms. The van der Waals surface area contributed by atoms with Crippen molar-refractivity contribution in [2.24, 2.45) is 5.41 Å². The SMILES string of the molecule is O=C(NCCCc1ccccc1)C1(C(=O)NCc2ccc3c(c2)OCO3)CC1. The third kappa shape index (κ3) is 3.96. The maximum absolute atomic E-state index is 12.6. The van der Waals surface area contributed by atoms with Crippen LogP contribution < -0.4 is 20.1 Å². The zero-order valence-corrected chi connectivity index (χ0v) is 15.7. The number of fused-ring (bicyclic) bond motifs is 1. The first-order valence-corrected chi connectivity index (χ1v) is 9.66. The van der Waals surface area contributed by atoms with E-state index in [-0.39, 0.29) is 18.6 Å². The van der Waals surface area contributed by atoms with Gasteiger partial charge >= 0.3 is 0 Å². The molecule has 0 radical (unpaired) electrons. The van der Waals surface area contributed by atoms with Gasteiger partial charge in [0.25, 0.3) is 0 Å². The minimum absolute atomic E-state index is 0.163. The summed E-state index contributed by atoms with van der Waals surface area (Å²) in [5.41, 5.74) is 1.26. The zero-order valence-electron chi connectivity index (χ0n) is 15.7. The minimum atomic E-state index is -0.900. The molecule has 1 saturated carbocycles. The van der Waals surface area contributed by atoms with Gasteiger partial charge in [0.1, 0.15) is 5.41 Å². The van der Waals surface area contributed by atoms with Crippen molar-refractivity contribution in [2.75, 3.05) is 13.3 Å². The molecule has 0 aromatic heterocycles. The molecule has 1 heterocycles. The molecule has 2 amide bonds. The van der Waals surface area contributed by atoms with E-state index in [0.29, 0.717) is 37.4 Å². The lowest BCUT2D eigenvalue weighted by Gasteiger charge is -2.15. The lowest BCUT2D eigenvalue weighted by molar-refractivity contribution is -0.137. The quantitative estimate of drug-likeness (QED) is 0.545. The van der Waals surface area contributed by atoms with Crippen LogP contribution in [0, 0.1) is 5.41 Å². The van der Waals surface area contributed by atoms with Crippen LogP contribution >= 0.6 is 0 Å². The van der Waals surface area contributed by atoms with Crippen molar-refractivity contribution in [1.82, 2.24) is 10.6 Å². The smallest absolute Gasteiger partial charge is 0.235 e. The van der Waals surface area contributed by atoms with Crippen molar-refractivity contribution in [1.29, 1.82) is 0 Å². The highest BCUT2D eigenvalue weighted by atomic mass is 16.7. The minimum Gasteiger partial charge on any atom is -0.454 e. The van der Waals surface area contributed by atoms with Crippen LogP contribution in [0.5, 0.6) is 11.5 Å². The van der Waals surface area contributed by atoms with E-state index < -0.39 is 5.41 Å². The van der Waals surface area contributed by atoms with Crippen molar-refractivity contribution in [3.8, 4) is 11.5 Å². The molecule has 146 valence electrons. The summed E-state index contributed by atoms with van der Waals surface area (Å²) in [5, 5.41) is 5.83. The van der Waals surface area contributed by atoms with E-state index in [4.69, 9.17) is 9.47 Å². The summed E-state index contributed by atoms with van der Waals surface area (Å²) in [6, 6.07) is 15.7. The van der Waals surface area contributed by atoms with Crippen LogP contribution in [0.15, 0.2) is 48.5 Å². The first-order chi connectivity index (χ1) is 13.7. The van der Waals surface area contributed by atoms with Crippen molar-refractivity contribution >= 4 is 11.8 Å². The standard InChI is InChI=1S/C22H24N2O4/c25-20(23-12-4-7-16-5-2-1-3-6-16)22(10-11-22)21(26)24-14-17-8-9-18-19(13-17)28-15-27-18/h1-3,5-6,8-9,13H,4,7,10-12,14-15H2,(H,23,25)(H,24,26). The molecule has 1 aliphatic carbocycles. The molecule has 1 aliphatic heterocycles. The summed E-state index contributed by atoms with van der Waals surface area (Å²) in [7, 11) is 0. The van der Waals surface area contributed by atoms with Crippen LogP contribution in [0.2, 0.25) is 0 Å². The molecule has 0 spiro atoms. The second-order valence-electron chi connectivity index (χ2n) is 7.30. The number of benzene rings is 2. The second-order valence-corrected chi connectivity index (χ2v) is 7.30. The van der Waals surface area contributed by atoms with Gasteiger partial charge in [0, 0.05) is 13.1 Å². The van der Waals surface area contributed by atoms with E-state index in [0.717, 1.165) is 18.4 Å². The highest BCUT2D eigenvalue weighted by Gasteiger charge is 2.56. The van der Waals surface area contributed by atoms with Gasteiger partial charge in [-0.2, -0.15) is 0 Å². The van der Waals surface area contributed by atoms with Crippen LogP contribution in [0.3, 0.4) is 0 Å². The Hall–Kier alpha value is -3.02. The first kappa shape index (κ1) is 18.3. The van der Waals surface area contributed by atoms with Gasteiger partial charge in [-0.3, -0.25) is 9.59 Å². The molecule has 2 aliphatic rings. The highest BCUT2D eigenvalue weighted by Crippen LogP contribution is 2.46. The predicted molar refractivity (Wildman–Crippen MR) is 104 cm³/mol. The number of nitrogens with one attached hydrogen (secondary N) is 2.